The van der Waals surface area contributed by atoms with E-state index >= 15 is 0 Å². The molecule has 3 aromatic rings. The van der Waals surface area contributed by atoms with E-state index in [9.17, 15) is 14.7 Å². The van der Waals surface area contributed by atoms with E-state index in [0.29, 0.717) is 43.8 Å². The molecule has 5 rings (SSSR count). The van der Waals surface area contributed by atoms with Gasteiger partial charge in [0, 0.05) is 68.9 Å². The van der Waals surface area contributed by atoms with Crippen LogP contribution < -0.4 is 5.32 Å². The molecule has 2 aromatic heterocycles. The zero-order valence-corrected chi connectivity index (χ0v) is 25.8. The lowest BCUT2D eigenvalue weighted by Gasteiger charge is -2.44. The average molecular weight is 590 g/mol. The van der Waals surface area contributed by atoms with E-state index in [0.717, 1.165) is 56.1 Å². The lowest BCUT2D eigenvalue weighted by atomic mass is 9.70. The van der Waals surface area contributed by atoms with Gasteiger partial charge in [0.25, 0.3) is 5.91 Å². The van der Waals surface area contributed by atoms with E-state index in [4.69, 9.17) is 0 Å². The highest BCUT2D eigenvalue weighted by Gasteiger charge is 2.54. The lowest BCUT2D eigenvalue weighted by Crippen LogP contribution is -2.48. The number of hydrogen-bond donors (Lipinski definition) is 4. The van der Waals surface area contributed by atoms with Crippen molar-refractivity contribution in [3.05, 3.63) is 71.8 Å². The van der Waals surface area contributed by atoms with Crippen LogP contribution in [0, 0.1) is 17.3 Å². The van der Waals surface area contributed by atoms with E-state index in [1.165, 1.54) is 0 Å². The van der Waals surface area contributed by atoms with Crippen molar-refractivity contribution in [3.63, 3.8) is 0 Å². The highest BCUT2D eigenvalue weighted by molar-refractivity contribution is 5.94. The summed E-state index contributed by atoms with van der Waals surface area (Å²) >= 11 is 0. The highest BCUT2D eigenvalue weighted by Crippen LogP contribution is 2.50. The first kappa shape index (κ1) is 30.9. The van der Waals surface area contributed by atoms with Crippen LogP contribution in [0.25, 0.3) is 0 Å². The number of carboxylic acids is 1. The summed E-state index contributed by atoms with van der Waals surface area (Å²) < 4.78 is 0. The molecular weight excluding hydrogens is 542 g/mol. The van der Waals surface area contributed by atoms with Crippen molar-refractivity contribution in [2.45, 2.75) is 77.9 Å². The Kier molecular flexibility index (Phi) is 9.97. The molecule has 2 atom stereocenters. The fraction of sp³-hybridized carbons (Fsp3) is 0.576. The summed E-state index contributed by atoms with van der Waals surface area (Å²) in [5.41, 5.74) is 1.67. The second-order valence-corrected chi connectivity index (χ2v) is 13.0. The number of imidazole rings is 2. The molecule has 10 heteroatoms. The van der Waals surface area contributed by atoms with Crippen LogP contribution in [-0.4, -0.2) is 85.0 Å². The number of H-pyrrole nitrogens is 2. The standard InChI is InChI=1S/C33H47N7O3/c1-4-28-33(9-15-39(16-10-33)21-23(2)3)19-27(32(42)43)40(28)22-24-5-7-26(8-6-24)31(41)38-20-25(17-29-34-11-12-35-29)18-30-36-13-14-37-30/h5-8,11-14,23,25,27-28H,4,9-10,15-22H2,1-3H3,(H,34,35)(H,36,37)(H,38,41)(H,42,43). The second-order valence-electron chi connectivity index (χ2n) is 13.0. The molecule has 4 N–H and O–H groups in total. The number of aliphatic carboxylic acids is 1. The number of aromatic amines is 2. The van der Waals surface area contributed by atoms with Gasteiger partial charge in [0.2, 0.25) is 0 Å². The summed E-state index contributed by atoms with van der Waals surface area (Å²) in [5, 5.41) is 13.3. The van der Waals surface area contributed by atoms with E-state index in [1.54, 1.807) is 24.8 Å². The molecule has 0 saturated carbocycles. The molecule has 0 bridgehead atoms. The molecule has 43 heavy (non-hydrogen) atoms. The number of carboxylic acid groups (broad SMARTS) is 1. The number of piperidine rings is 1. The van der Waals surface area contributed by atoms with E-state index in [1.807, 2.05) is 24.3 Å². The van der Waals surface area contributed by atoms with Gasteiger partial charge in [0.1, 0.15) is 17.7 Å². The smallest absolute Gasteiger partial charge is 0.320 e. The molecule has 2 aliphatic heterocycles. The van der Waals surface area contributed by atoms with Crippen molar-refractivity contribution in [2.75, 3.05) is 26.2 Å². The van der Waals surface area contributed by atoms with Crippen LogP contribution >= 0.6 is 0 Å². The van der Waals surface area contributed by atoms with Gasteiger partial charge in [0.05, 0.1) is 0 Å². The molecule has 0 aliphatic carbocycles. The van der Waals surface area contributed by atoms with Gasteiger partial charge in [-0.15, -0.1) is 0 Å². The molecule has 4 heterocycles. The number of benzene rings is 1. The van der Waals surface area contributed by atoms with Crippen LogP contribution in [0.1, 0.15) is 74.0 Å². The first-order chi connectivity index (χ1) is 20.8. The zero-order chi connectivity index (χ0) is 30.4. The average Bonchev–Trinajstić information content (AvgIpc) is 3.75. The van der Waals surface area contributed by atoms with Crippen LogP contribution in [0.2, 0.25) is 0 Å². The molecule has 2 unspecified atom stereocenters. The van der Waals surface area contributed by atoms with Crippen molar-refractivity contribution >= 4 is 11.9 Å². The van der Waals surface area contributed by atoms with Crippen LogP contribution in [0.4, 0.5) is 0 Å². The van der Waals surface area contributed by atoms with Gasteiger partial charge in [-0.2, -0.15) is 0 Å². The number of carbonyl (C=O) groups is 2. The number of hydrogen-bond acceptors (Lipinski definition) is 6. The lowest BCUT2D eigenvalue weighted by molar-refractivity contribution is -0.142. The quantitative estimate of drug-likeness (QED) is 0.236. The first-order valence-corrected chi connectivity index (χ1v) is 15.8. The van der Waals surface area contributed by atoms with Crippen molar-refractivity contribution < 1.29 is 14.7 Å². The summed E-state index contributed by atoms with van der Waals surface area (Å²) in [4.78, 5) is 45.3. The van der Waals surface area contributed by atoms with Crippen molar-refractivity contribution in [1.29, 1.82) is 0 Å². The van der Waals surface area contributed by atoms with Gasteiger partial charge < -0.3 is 25.3 Å². The Balaban J connectivity index is 1.21. The Hall–Kier alpha value is -3.50. The van der Waals surface area contributed by atoms with E-state index in [2.05, 4.69) is 55.8 Å². The maximum Gasteiger partial charge on any atom is 0.320 e. The minimum Gasteiger partial charge on any atom is -0.480 e. The maximum atomic E-state index is 13.1. The SMILES string of the molecule is CCC1N(Cc2ccc(C(=O)NCC(Cc3ncc[nH]3)Cc3ncc[nH]3)cc2)C(C(=O)O)CC12CCN(CC(C)C)CC2. The normalized spacial score (nSPS) is 20.8. The molecule has 2 aliphatic rings. The number of likely N-dealkylation sites (tertiary alicyclic amines) is 2. The van der Waals surface area contributed by atoms with Crippen LogP contribution in [0.5, 0.6) is 0 Å². The third-order valence-corrected chi connectivity index (χ3v) is 9.46. The molecule has 2 fully saturated rings. The Morgan fingerprint density at radius 2 is 1.67 bits per heavy atom. The summed E-state index contributed by atoms with van der Waals surface area (Å²) in [7, 11) is 0. The van der Waals surface area contributed by atoms with Crippen molar-refractivity contribution in [2.24, 2.45) is 17.3 Å². The summed E-state index contributed by atoms with van der Waals surface area (Å²) in [6.07, 6.45) is 12.2. The fourth-order valence-corrected chi connectivity index (χ4v) is 7.45. The van der Waals surface area contributed by atoms with Gasteiger partial charge in [-0.05, 0) is 73.7 Å². The topological polar surface area (TPSA) is 130 Å². The molecular formula is C33H47N7O3. The number of carbonyl (C=O) groups excluding carboxylic acids is 1. The van der Waals surface area contributed by atoms with Gasteiger partial charge in [-0.25, -0.2) is 9.97 Å². The molecule has 1 amide bonds. The molecule has 0 radical (unpaired) electrons. The van der Waals surface area contributed by atoms with Crippen molar-refractivity contribution in [1.82, 2.24) is 35.1 Å². The van der Waals surface area contributed by atoms with Gasteiger partial charge in [-0.1, -0.05) is 32.9 Å². The first-order valence-electron chi connectivity index (χ1n) is 15.8. The fourth-order valence-electron chi connectivity index (χ4n) is 7.45. The minimum atomic E-state index is -0.727. The Bertz CT molecular complexity index is 1260. The predicted octanol–water partition coefficient (Wildman–Crippen LogP) is 4.14. The third-order valence-electron chi connectivity index (χ3n) is 9.46. The Morgan fingerprint density at radius 3 is 2.19 bits per heavy atom. The molecule has 1 aromatic carbocycles. The largest absolute Gasteiger partial charge is 0.480 e. The summed E-state index contributed by atoms with van der Waals surface area (Å²) in [5.74, 6) is 1.67. The highest BCUT2D eigenvalue weighted by atomic mass is 16.4. The molecule has 1 spiro atoms. The van der Waals surface area contributed by atoms with Gasteiger partial charge in [-0.3, -0.25) is 14.5 Å². The van der Waals surface area contributed by atoms with Crippen LogP contribution in [-0.2, 0) is 24.2 Å². The van der Waals surface area contributed by atoms with E-state index < -0.39 is 12.0 Å². The number of nitrogens with zero attached hydrogens (tertiary/aromatic N) is 4. The molecule has 232 valence electrons. The summed E-state index contributed by atoms with van der Waals surface area (Å²) in [6.45, 7) is 11.0. The summed E-state index contributed by atoms with van der Waals surface area (Å²) in [6, 6.07) is 7.40. The van der Waals surface area contributed by atoms with E-state index in [-0.39, 0.29) is 23.3 Å². The maximum absolute atomic E-state index is 13.1. The van der Waals surface area contributed by atoms with Gasteiger partial charge >= 0.3 is 5.97 Å². The minimum absolute atomic E-state index is 0.0486. The van der Waals surface area contributed by atoms with Crippen LogP contribution in [0.15, 0.2) is 49.1 Å². The monoisotopic (exact) mass is 589 g/mol. The number of aromatic nitrogens is 4. The zero-order valence-electron chi connectivity index (χ0n) is 25.8. The van der Waals surface area contributed by atoms with Crippen LogP contribution in [0.3, 0.4) is 0 Å². The number of amides is 1. The third kappa shape index (κ3) is 7.54. The Morgan fingerprint density at radius 1 is 1.05 bits per heavy atom. The molecule has 10 nitrogen and oxygen atoms in total. The number of rotatable bonds is 13. The van der Waals surface area contributed by atoms with Crippen molar-refractivity contribution in [3.8, 4) is 0 Å². The molecule has 2 saturated heterocycles. The Labute approximate surface area is 254 Å². The predicted molar refractivity (Wildman–Crippen MR) is 165 cm³/mol. The number of nitrogens with one attached hydrogen (secondary N) is 3. The van der Waals surface area contributed by atoms with Gasteiger partial charge in [0.15, 0.2) is 0 Å². The second kappa shape index (κ2) is 13.9.